The van der Waals surface area contributed by atoms with E-state index in [4.69, 9.17) is 14.2 Å². The minimum absolute atomic E-state index is 0.00457. The van der Waals surface area contributed by atoms with Crippen LogP contribution in [0.3, 0.4) is 0 Å². The quantitative estimate of drug-likeness (QED) is 0.601. The van der Waals surface area contributed by atoms with Crippen molar-refractivity contribution in [2.75, 3.05) is 31.3 Å². The summed E-state index contributed by atoms with van der Waals surface area (Å²) in [6.07, 6.45) is 1.89. The van der Waals surface area contributed by atoms with Crippen molar-refractivity contribution in [3.05, 3.63) is 53.1 Å². The summed E-state index contributed by atoms with van der Waals surface area (Å²) in [6.45, 7) is 6.32. The second-order valence-electron chi connectivity index (χ2n) is 8.72. The van der Waals surface area contributed by atoms with E-state index in [1.165, 1.54) is 4.90 Å². The molecule has 8 nitrogen and oxygen atoms in total. The van der Waals surface area contributed by atoms with Crippen molar-refractivity contribution in [3.8, 4) is 11.5 Å². The highest BCUT2D eigenvalue weighted by molar-refractivity contribution is 6.05. The minimum Gasteiger partial charge on any atom is -0.485 e. The van der Waals surface area contributed by atoms with Gasteiger partial charge < -0.3 is 19.5 Å². The molecule has 2 atom stereocenters. The maximum Gasteiger partial charge on any atom is 0.265 e. The van der Waals surface area contributed by atoms with Crippen LogP contribution in [0.15, 0.2) is 36.4 Å². The van der Waals surface area contributed by atoms with Crippen molar-refractivity contribution in [1.29, 1.82) is 0 Å². The number of nitrogens with one attached hydrogen (secondary N) is 1. The Bertz CT molecular complexity index is 1070. The molecule has 4 rings (SSSR count). The van der Waals surface area contributed by atoms with Crippen LogP contribution in [0.1, 0.15) is 41.3 Å². The van der Waals surface area contributed by atoms with Crippen LogP contribution in [0.5, 0.6) is 11.5 Å². The van der Waals surface area contributed by atoms with Crippen molar-refractivity contribution in [1.82, 2.24) is 5.32 Å². The molecule has 2 aromatic rings. The number of fused-ring (bicyclic) bond motifs is 1. The number of carbonyl (C=O) groups excluding carboxylic acids is 3. The van der Waals surface area contributed by atoms with Gasteiger partial charge in [0.05, 0.1) is 11.8 Å². The molecule has 2 aliphatic heterocycles. The number of para-hydroxylation sites is 1. The SMILES string of the molecule is Cc1cccc(C)c1OCC(=O)c1ccc2c(c1)N([C@H](C)C(=O)NC[C@H]1CCCO1)C(=O)CO2. The Kier molecular flexibility index (Phi) is 7.17. The van der Waals surface area contributed by atoms with Crippen LogP contribution in [-0.4, -0.2) is 56.1 Å². The van der Waals surface area contributed by atoms with Crippen LogP contribution in [0.25, 0.3) is 0 Å². The lowest BCUT2D eigenvalue weighted by Gasteiger charge is -2.33. The molecular formula is C26H30N2O6. The molecule has 0 unspecified atom stereocenters. The first-order valence-corrected chi connectivity index (χ1v) is 11.6. The Hall–Kier alpha value is -3.39. The lowest BCUT2D eigenvalue weighted by Crippen LogP contribution is -2.52. The van der Waals surface area contributed by atoms with Gasteiger partial charge in [-0.1, -0.05) is 18.2 Å². The third-order valence-corrected chi connectivity index (χ3v) is 6.21. The fraction of sp³-hybridized carbons (Fsp3) is 0.423. The zero-order valence-electron chi connectivity index (χ0n) is 19.8. The van der Waals surface area contributed by atoms with Crippen LogP contribution in [-0.2, 0) is 14.3 Å². The normalized spacial score (nSPS) is 18.1. The van der Waals surface area contributed by atoms with Gasteiger partial charge in [-0.25, -0.2) is 0 Å². The Labute approximate surface area is 199 Å². The molecule has 0 aliphatic carbocycles. The molecular weight excluding hydrogens is 436 g/mol. The highest BCUT2D eigenvalue weighted by Crippen LogP contribution is 2.34. The van der Waals surface area contributed by atoms with Crippen LogP contribution in [0.4, 0.5) is 5.69 Å². The first-order chi connectivity index (χ1) is 16.3. The Balaban J connectivity index is 1.49. The molecule has 1 saturated heterocycles. The standard InChI is InChI=1S/C26H30N2O6/c1-16-6-4-7-17(2)25(16)34-14-22(29)19-9-10-23-21(12-19)28(24(30)15-33-23)18(3)26(31)27-13-20-8-5-11-32-20/h4,6-7,9-10,12,18,20H,5,8,11,13-15H2,1-3H3,(H,27,31)/t18-,20-/m1/s1. The Morgan fingerprint density at radius 1 is 1.21 bits per heavy atom. The first kappa shape index (κ1) is 23.8. The lowest BCUT2D eigenvalue weighted by molar-refractivity contribution is -0.127. The number of hydrogen-bond acceptors (Lipinski definition) is 6. The van der Waals surface area contributed by atoms with Crippen LogP contribution in [0.2, 0.25) is 0 Å². The first-order valence-electron chi connectivity index (χ1n) is 11.6. The number of anilines is 1. The van der Waals surface area contributed by atoms with Gasteiger partial charge in [0, 0.05) is 18.7 Å². The number of hydrogen-bond donors (Lipinski definition) is 1. The molecule has 2 aromatic carbocycles. The number of benzene rings is 2. The molecule has 1 fully saturated rings. The monoisotopic (exact) mass is 466 g/mol. The summed E-state index contributed by atoms with van der Waals surface area (Å²) in [6, 6.07) is 9.91. The number of carbonyl (C=O) groups is 3. The predicted molar refractivity (Wildman–Crippen MR) is 127 cm³/mol. The van der Waals surface area contributed by atoms with E-state index in [2.05, 4.69) is 5.32 Å². The van der Waals surface area contributed by atoms with Gasteiger partial charge in [-0.15, -0.1) is 0 Å². The molecule has 8 heteroatoms. The molecule has 0 aromatic heterocycles. The van der Waals surface area contributed by atoms with Crippen molar-refractivity contribution in [2.45, 2.75) is 45.8 Å². The van der Waals surface area contributed by atoms with Gasteiger partial charge in [-0.2, -0.15) is 0 Å². The number of Topliss-reactive ketones (excluding diaryl/α,β-unsaturated/α-hetero) is 1. The van der Waals surface area contributed by atoms with Crippen molar-refractivity contribution < 1.29 is 28.6 Å². The summed E-state index contributed by atoms with van der Waals surface area (Å²) >= 11 is 0. The highest BCUT2D eigenvalue weighted by Gasteiger charge is 2.34. The van der Waals surface area contributed by atoms with Crippen LogP contribution >= 0.6 is 0 Å². The fourth-order valence-corrected chi connectivity index (χ4v) is 4.30. The molecule has 0 saturated carbocycles. The second-order valence-corrected chi connectivity index (χ2v) is 8.72. The lowest BCUT2D eigenvalue weighted by atomic mass is 10.1. The summed E-state index contributed by atoms with van der Waals surface area (Å²) in [5, 5.41) is 2.87. The van der Waals surface area contributed by atoms with Crippen molar-refractivity contribution in [2.24, 2.45) is 0 Å². The van der Waals surface area contributed by atoms with Crippen LogP contribution < -0.4 is 19.7 Å². The smallest absolute Gasteiger partial charge is 0.265 e. The van der Waals surface area contributed by atoms with Crippen molar-refractivity contribution in [3.63, 3.8) is 0 Å². The number of ether oxygens (including phenoxy) is 3. The van der Waals surface area contributed by atoms with Gasteiger partial charge in [0.1, 0.15) is 17.5 Å². The van der Waals surface area contributed by atoms with Gasteiger partial charge in [-0.05, 0) is 62.9 Å². The Morgan fingerprint density at radius 2 is 1.97 bits per heavy atom. The van der Waals surface area contributed by atoms with E-state index in [9.17, 15) is 14.4 Å². The maximum absolute atomic E-state index is 12.9. The van der Waals surface area contributed by atoms with E-state index in [0.29, 0.717) is 35.9 Å². The molecule has 0 bridgehead atoms. The van der Waals surface area contributed by atoms with E-state index in [1.54, 1.807) is 25.1 Å². The second kappa shape index (κ2) is 10.3. The third kappa shape index (κ3) is 5.07. The number of rotatable bonds is 8. The van der Waals surface area contributed by atoms with Crippen LogP contribution in [0, 0.1) is 13.8 Å². The molecule has 2 amide bonds. The minimum atomic E-state index is -0.771. The molecule has 34 heavy (non-hydrogen) atoms. The van der Waals surface area contributed by atoms with E-state index < -0.39 is 6.04 Å². The number of amides is 2. The number of ketones is 1. The summed E-state index contributed by atoms with van der Waals surface area (Å²) in [4.78, 5) is 39.8. The van der Waals surface area contributed by atoms with E-state index in [1.807, 2.05) is 32.0 Å². The average molecular weight is 467 g/mol. The zero-order chi connectivity index (χ0) is 24.2. The molecule has 1 N–H and O–H groups in total. The predicted octanol–water partition coefficient (Wildman–Crippen LogP) is 2.97. The summed E-state index contributed by atoms with van der Waals surface area (Å²) < 4.78 is 16.9. The summed E-state index contributed by atoms with van der Waals surface area (Å²) in [5.74, 6) is 0.269. The summed E-state index contributed by atoms with van der Waals surface area (Å²) in [5.41, 5.74) is 2.67. The topological polar surface area (TPSA) is 94.2 Å². The van der Waals surface area contributed by atoms with E-state index in [0.717, 1.165) is 24.0 Å². The molecule has 2 aliphatic rings. The summed E-state index contributed by atoms with van der Waals surface area (Å²) in [7, 11) is 0. The maximum atomic E-state index is 12.9. The zero-order valence-corrected chi connectivity index (χ0v) is 19.8. The van der Waals surface area contributed by atoms with E-state index >= 15 is 0 Å². The molecule has 180 valence electrons. The average Bonchev–Trinajstić information content (AvgIpc) is 3.35. The molecule has 0 radical (unpaired) electrons. The largest absolute Gasteiger partial charge is 0.485 e. The third-order valence-electron chi connectivity index (χ3n) is 6.21. The van der Waals surface area contributed by atoms with Gasteiger partial charge in [0.15, 0.2) is 19.0 Å². The van der Waals surface area contributed by atoms with Gasteiger partial charge >= 0.3 is 0 Å². The van der Waals surface area contributed by atoms with Crippen molar-refractivity contribution >= 4 is 23.3 Å². The van der Waals surface area contributed by atoms with E-state index in [-0.39, 0.29) is 36.9 Å². The van der Waals surface area contributed by atoms with Gasteiger partial charge in [0.25, 0.3) is 5.91 Å². The highest BCUT2D eigenvalue weighted by atomic mass is 16.5. The fourth-order valence-electron chi connectivity index (χ4n) is 4.30. The molecule has 0 spiro atoms. The van der Waals surface area contributed by atoms with Gasteiger partial charge in [0.2, 0.25) is 5.91 Å². The number of nitrogens with zero attached hydrogens (tertiary/aromatic N) is 1. The van der Waals surface area contributed by atoms with Gasteiger partial charge in [-0.3, -0.25) is 19.3 Å². The number of aryl methyl sites for hydroxylation is 2. The Morgan fingerprint density at radius 3 is 2.68 bits per heavy atom. The molecule has 2 heterocycles.